The van der Waals surface area contributed by atoms with E-state index in [2.05, 4.69) is 0 Å². The van der Waals surface area contributed by atoms with Crippen LogP contribution in [0.1, 0.15) is 46.1 Å². The number of hydrogen-bond donors (Lipinski definition) is 1. The molecule has 0 saturated heterocycles. The normalized spacial score (nSPS) is 23.2. The number of hydrogen-bond acceptors (Lipinski definition) is 8. The zero-order valence-electron chi connectivity index (χ0n) is 23.3. The van der Waals surface area contributed by atoms with Crippen molar-refractivity contribution in [2.24, 2.45) is 0 Å². The molecule has 0 saturated carbocycles. The van der Waals surface area contributed by atoms with Crippen molar-refractivity contribution in [3.05, 3.63) is 105 Å². The highest BCUT2D eigenvalue weighted by Gasteiger charge is 2.74. The molecule has 3 heterocycles. The van der Waals surface area contributed by atoms with E-state index in [1.807, 2.05) is 36.4 Å². The monoisotopic (exact) mass is 554 g/mol. The number of methoxy groups -OCH3 is 4. The second-order valence-corrected chi connectivity index (χ2v) is 10.5. The lowest BCUT2D eigenvalue weighted by Gasteiger charge is -2.40. The van der Waals surface area contributed by atoms with Crippen molar-refractivity contribution in [3.63, 3.8) is 0 Å². The Balaban J connectivity index is 1.66. The Kier molecular flexibility index (Phi) is 5.59. The highest BCUT2D eigenvalue weighted by molar-refractivity contribution is 5.69. The maximum absolute atomic E-state index is 14.3. The molecule has 1 aromatic heterocycles. The van der Waals surface area contributed by atoms with Crippen LogP contribution in [0.25, 0.3) is 0 Å². The van der Waals surface area contributed by atoms with Crippen molar-refractivity contribution < 1.29 is 28.8 Å². The first-order valence-electron chi connectivity index (χ1n) is 13.5. The van der Waals surface area contributed by atoms with Gasteiger partial charge < -0.3 is 28.8 Å². The number of benzene rings is 3. The summed E-state index contributed by atoms with van der Waals surface area (Å²) in [5, 5.41) is 13.4. The van der Waals surface area contributed by atoms with Gasteiger partial charge in [0.15, 0.2) is 22.7 Å². The van der Waals surface area contributed by atoms with Crippen LogP contribution in [0.15, 0.2) is 65.5 Å². The molecule has 0 radical (unpaired) electrons. The highest BCUT2D eigenvalue weighted by atomic mass is 16.5. The van der Waals surface area contributed by atoms with Gasteiger partial charge in [0.2, 0.25) is 0 Å². The summed E-state index contributed by atoms with van der Waals surface area (Å²) in [5.41, 5.74) is -1.17. The van der Waals surface area contributed by atoms with Crippen molar-refractivity contribution in [1.29, 1.82) is 0 Å². The number of aryl methyl sites for hydroxylation is 1. The lowest BCUT2D eigenvalue weighted by molar-refractivity contribution is -0.0911. The minimum absolute atomic E-state index is 0.170. The highest BCUT2D eigenvalue weighted by Crippen LogP contribution is 2.69. The second kappa shape index (κ2) is 9.01. The van der Waals surface area contributed by atoms with Crippen molar-refractivity contribution >= 4 is 0 Å². The molecule has 0 spiro atoms. The van der Waals surface area contributed by atoms with E-state index in [1.165, 1.54) is 7.11 Å². The molecule has 9 heteroatoms. The van der Waals surface area contributed by atoms with Gasteiger partial charge in [-0.05, 0) is 24.1 Å². The molecule has 210 valence electrons. The molecule has 7 rings (SSSR count). The Hall–Kier alpha value is -4.50. The number of fused-ring (bicyclic) bond motifs is 6. The van der Waals surface area contributed by atoms with Gasteiger partial charge >= 0.3 is 0 Å². The van der Waals surface area contributed by atoms with E-state index in [0.717, 1.165) is 12.0 Å². The third kappa shape index (κ3) is 3.15. The number of nitrogens with zero attached hydrogens (tertiary/aromatic N) is 2. The van der Waals surface area contributed by atoms with Gasteiger partial charge in [-0.25, -0.2) is 4.98 Å². The molecule has 3 atom stereocenters. The Morgan fingerprint density at radius 3 is 2.39 bits per heavy atom. The van der Waals surface area contributed by atoms with Crippen molar-refractivity contribution in [2.75, 3.05) is 28.4 Å². The van der Waals surface area contributed by atoms with E-state index in [0.29, 0.717) is 64.2 Å². The average molecular weight is 555 g/mol. The Labute approximate surface area is 236 Å². The quantitative estimate of drug-likeness (QED) is 0.383. The molecule has 0 bridgehead atoms. The molecule has 0 fully saturated rings. The van der Waals surface area contributed by atoms with Gasteiger partial charge in [-0.15, -0.1) is 0 Å². The summed E-state index contributed by atoms with van der Waals surface area (Å²) in [6.07, 6.45) is 1.46. The van der Waals surface area contributed by atoms with E-state index in [9.17, 15) is 9.90 Å². The van der Waals surface area contributed by atoms with Crippen LogP contribution in [-0.2, 0) is 24.2 Å². The summed E-state index contributed by atoms with van der Waals surface area (Å²) in [4.78, 5) is 19.4. The minimum atomic E-state index is -1.91. The largest absolute Gasteiger partial charge is 0.496 e. The van der Waals surface area contributed by atoms with Crippen LogP contribution in [-0.4, -0.2) is 43.1 Å². The third-order valence-corrected chi connectivity index (χ3v) is 8.71. The van der Waals surface area contributed by atoms with E-state index in [-0.39, 0.29) is 11.3 Å². The van der Waals surface area contributed by atoms with Gasteiger partial charge in [0.25, 0.3) is 5.56 Å². The van der Waals surface area contributed by atoms with Gasteiger partial charge in [0, 0.05) is 30.7 Å². The number of aliphatic hydroxyl groups is 1. The summed E-state index contributed by atoms with van der Waals surface area (Å²) in [6, 6.07) is 18.5. The Morgan fingerprint density at radius 2 is 1.68 bits per heavy atom. The molecule has 4 aromatic rings. The lowest BCUT2D eigenvalue weighted by Crippen LogP contribution is -2.49. The minimum Gasteiger partial charge on any atom is -0.496 e. The lowest BCUT2D eigenvalue weighted by atomic mass is 9.70. The molecule has 3 aliphatic rings. The van der Waals surface area contributed by atoms with E-state index in [4.69, 9.17) is 28.7 Å². The number of aromatic nitrogens is 2. The van der Waals surface area contributed by atoms with Crippen LogP contribution in [0.2, 0.25) is 0 Å². The Morgan fingerprint density at radius 1 is 0.927 bits per heavy atom. The van der Waals surface area contributed by atoms with Crippen molar-refractivity contribution in [3.8, 4) is 28.7 Å². The first-order chi connectivity index (χ1) is 19.9. The topological polar surface area (TPSA) is 101 Å². The van der Waals surface area contributed by atoms with Gasteiger partial charge in [-0.2, -0.15) is 0 Å². The second-order valence-electron chi connectivity index (χ2n) is 10.5. The first-order valence-corrected chi connectivity index (χ1v) is 13.5. The zero-order valence-corrected chi connectivity index (χ0v) is 23.3. The standard InChI is InChI=1S/C32H30N2O7/c1-37-20-16-23(40-4)28-24(17-20)41-32(19-12-13-21(38-2)22(15-19)39-3)27(18-9-6-5-7-10-18)26-29(31(28,32)36)33-25-11-8-14-34(25)30(26)35/h5-7,9-10,12-13,15-17,27,36H,8,11,14H2,1-4H3. The summed E-state index contributed by atoms with van der Waals surface area (Å²) >= 11 is 0. The molecule has 41 heavy (non-hydrogen) atoms. The fourth-order valence-corrected chi connectivity index (χ4v) is 6.99. The molecular formula is C32H30N2O7. The van der Waals surface area contributed by atoms with Crippen LogP contribution in [0.3, 0.4) is 0 Å². The maximum Gasteiger partial charge on any atom is 0.257 e. The first kappa shape index (κ1) is 25.5. The van der Waals surface area contributed by atoms with Gasteiger partial charge in [-0.3, -0.25) is 9.36 Å². The molecule has 3 aromatic carbocycles. The molecule has 2 aliphatic heterocycles. The van der Waals surface area contributed by atoms with Crippen molar-refractivity contribution in [2.45, 2.75) is 36.5 Å². The van der Waals surface area contributed by atoms with E-state index in [1.54, 1.807) is 50.2 Å². The predicted octanol–water partition coefficient (Wildman–Crippen LogP) is 3.89. The average Bonchev–Trinajstić information content (AvgIpc) is 3.65. The molecule has 1 N–H and O–H groups in total. The molecular weight excluding hydrogens is 524 g/mol. The third-order valence-electron chi connectivity index (χ3n) is 8.71. The van der Waals surface area contributed by atoms with E-state index >= 15 is 0 Å². The van der Waals surface area contributed by atoms with Gasteiger partial charge in [0.05, 0.1) is 51.2 Å². The number of ether oxygens (including phenoxy) is 5. The molecule has 0 amide bonds. The number of rotatable bonds is 6. The van der Waals surface area contributed by atoms with Gasteiger partial charge in [-0.1, -0.05) is 36.4 Å². The van der Waals surface area contributed by atoms with Gasteiger partial charge in [0.1, 0.15) is 23.1 Å². The smallest absolute Gasteiger partial charge is 0.257 e. The SMILES string of the molecule is COc1cc(OC)c2c(c1)OC1(c3ccc(OC)c(OC)c3)C(c3ccccc3)c3c(nc4n(c3=O)CCC4)C21O. The van der Waals surface area contributed by atoms with Crippen LogP contribution in [0, 0.1) is 0 Å². The van der Waals surface area contributed by atoms with Crippen LogP contribution in [0.4, 0.5) is 0 Å². The van der Waals surface area contributed by atoms with Crippen LogP contribution in [0.5, 0.6) is 28.7 Å². The fourth-order valence-electron chi connectivity index (χ4n) is 6.99. The fraction of sp³-hybridized carbons (Fsp3) is 0.312. The maximum atomic E-state index is 14.3. The molecule has 1 aliphatic carbocycles. The molecule has 3 unspecified atom stereocenters. The zero-order chi connectivity index (χ0) is 28.5. The van der Waals surface area contributed by atoms with Crippen LogP contribution >= 0.6 is 0 Å². The predicted molar refractivity (Wildman–Crippen MR) is 149 cm³/mol. The Bertz CT molecular complexity index is 1750. The van der Waals surface area contributed by atoms with Crippen molar-refractivity contribution in [1.82, 2.24) is 9.55 Å². The van der Waals surface area contributed by atoms with Crippen LogP contribution < -0.4 is 29.2 Å². The summed E-state index contributed by atoms with van der Waals surface area (Å²) in [6.45, 7) is 0.579. The summed E-state index contributed by atoms with van der Waals surface area (Å²) in [5.74, 6) is 2.15. The molecule has 9 nitrogen and oxygen atoms in total. The summed E-state index contributed by atoms with van der Waals surface area (Å²) in [7, 11) is 6.21. The van der Waals surface area contributed by atoms with E-state index < -0.39 is 17.1 Å². The summed E-state index contributed by atoms with van der Waals surface area (Å²) < 4.78 is 31.4.